The highest BCUT2D eigenvalue weighted by Gasteiger charge is 2.31. The molecule has 152 valence electrons. The van der Waals surface area contributed by atoms with E-state index in [4.69, 9.17) is 4.74 Å². The number of hydrogen-bond acceptors (Lipinski definition) is 4. The number of carbonyl (C=O) groups excluding carboxylic acids is 1. The van der Waals surface area contributed by atoms with Gasteiger partial charge in [0.25, 0.3) is 0 Å². The van der Waals surface area contributed by atoms with Crippen LogP contribution in [0.2, 0.25) is 0 Å². The van der Waals surface area contributed by atoms with E-state index in [9.17, 15) is 18.0 Å². The molecule has 5 nitrogen and oxygen atoms in total. The van der Waals surface area contributed by atoms with Gasteiger partial charge in [-0.25, -0.2) is 4.79 Å². The molecule has 1 aromatic rings. The third-order valence-corrected chi connectivity index (χ3v) is 4.62. The Bertz CT molecular complexity index is 662. The lowest BCUT2D eigenvalue weighted by Crippen LogP contribution is -2.48. The molecule has 0 saturated carbocycles. The van der Waals surface area contributed by atoms with E-state index in [2.05, 4.69) is 30.9 Å². The number of likely N-dealkylation sites (tertiary alicyclic amines) is 1. The van der Waals surface area contributed by atoms with Crippen molar-refractivity contribution in [3.05, 3.63) is 28.2 Å². The third-order valence-electron chi connectivity index (χ3n) is 3.88. The van der Waals surface area contributed by atoms with Gasteiger partial charge in [0.15, 0.2) is 0 Å². The van der Waals surface area contributed by atoms with E-state index in [0.717, 1.165) is 24.9 Å². The van der Waals surface area contributed by atoms with Crippen LogP contribution in [0.1, 0.15) is 39.2 Å². The van der Waals surface area contributed by atoms with E-state index in [1.165, 1.54) is 12.1 Å². The first kappa shape index (κ1) is 21.8. The largest absolute Gasteiger partial charge is 0.573 e. The first-order valence-corrected chi connectivity index (χ1v) is 9.46. The number of alkyl carbamates (subject to hydrolysis) is 1. The second kappa shape index (κ2) is 8.68. The highest BCUT2D eigenvalue weighted by atomic mass is 79.9. The van der Waals surface area contributed by atoms with E-state index in [1.807, 2.05) is 20.8 Å². The van der Waals surface area contributed by atoms with Gasteiger partial charge in [0, 0.05) is 23.6 Å². The van der Waals surface area contributed by atoms with Crippen molar-refractivity contribution >= 4 is 22.0 Å². The number of benzene rings is 1. The van der Waals surface area contributed by atoms with E-state index < -0.39 is 18.1 Å². The Hall–Kier alpha value is -1.48. The number of piperidine rings is 1. The summed E-state index contributed by atoms with van der Waals surface area (Å²) in [5, 5.41) is 2.88. The lowest BCUT2D eigenvalue weighted by molar-refractivity contribution is -0.274. The highest BCUT2D eigenvalue weighted by molar-refractivity contribution is 9.10. The van der Waals surface area contributed by atoms with Crippen LogP contribution in [0, 0.1) is 0 Å². The summed E-state index contributed by atoms with van der Waals surface area (Å²) in [6.07, 6.45) is -3.39. The number of hydrogen-bond donors (Lipinski definition) is 1. The fraction of sp³-hybridized carbons (Fsp3) is 0.611. The van der Waals surface area contributed by atoms with E-state index in [1.54, 1.807) is 6.07 Å². The van der Waals surface area contributed by atoms with Crippen molar-refractivity contribution < 1.29 is 27.4 Å². The third kappa shape index (κ3) is 7.96. The zero-order chi connectivity index (χ0) is 20.2. The quantitative estimate of drug-likeness (QED) is 0.710. The number of amides is 1. The smallest absolute Gasteiger partial charge is 0.444 e. The molecular weight excluding hydrogens is 429 g/mol. The van der Waals surface area contributed by atoms with Crippen molar-refractivity contribution in [3.8, 4) is 5.75 Å². The Balaban J connectivity index is 1.92. The molecule has 1 aromatic carbocycles. The Morgan fingerprint density at radius 1 is 1.33 bits per heavy atom. The number of rotatable bonds is 4. The summed E-state index contributed by atoms with van der Waals surface area (Å²) < 4.78 is 46.7. The van der Waals surface area contributed by atoms with E-state index in [-0.39, 0.29) is 11.8 Å². The average Bonchev–Trinajstić information content (AvgIpc) is 2.47. The molecule has 1 amide bonds. The fourth-order valence-electron chi connectivity index (χ4n) is 2.89. The van der Waals surface area contributed by atoms with Crippen molar-refractivity contribution in [1.82, 2.24) is 10.2 Å². The number of nitrogens with one attached hydrogen (secondary N) is 1. The summed E-state index contributed by atoms with van der Waals surface area (Å²) >= 11 is 3.31. The van der Waals surface area contributed by atoms with Gasteiger partial charge in [-0.3, -0.25) is 4.90 Å². The van der Waals surface area contributed by atoms with Gasteiger partial charge < -0.3 is 14.8 Å². The Morgan fingerprint density at radius 2 is 2.04 bits per heavy atom. The molecule has 1 heterocycles. The molecule has 0 bridgehead atoms. The van der Waals surface area contributed by atoms with Crippen LogP contribution in [-0.4, -0.2) is 42.1 Å². The van der Waals surface area contributed by atoms with Crippen LogP contribution in [0.25, 0.3) is 0 Å². The Labute approximate surface area is 165 Å². The summed E-state index contributed by atoms with van der Waals surface area (Å²) in [5.74, 6) is -0.263. The second-order valence-corrected chi connectivity index (χ2v) is 8.38. The van der Waals surface area contributed by atoms with Crippen LogP contribution in [0.5, 0.6) is 5.75 Å². The SMILES string of the molecule is CC(C)(C)OC(=O)N[C@H]1CCCN(Cc2ccc(OC(F)(F)F)cc2Br)C1. The number of halogens is 4. The minimum Gasteiger partial charge on any atom is -0.444 e. The number of carbonyl (C=O) groups is 1. The molecule has 1 aliphatic rings. The molecule has 1 fully saturated rings. The summed E-state index contributed by atoms with van der Waals surface area (Å²) in [4.78, 5) is 14.1. The molecule has 27 heavy (non-hydrogen) atoms. The first-order chi connectivity index (χ1) is 12.4. The standard InChI is InChI=1S/C18H24BrF3N2O3/c1-17(2,3)27-16(25)23-13-5-4-8-24(11-13)10-12-6-7-14(9-15(12)19)26-18(20,21)22/h6-7,9,13H,4-5,8,10-11H2,1-3H3,(H,23,25)/t13-/m0/s1. The molecule has 2 rings (SSSR count). The van der Waals surface area contributed by atoms with Gasteiger partial charge >= 0.3 is 12.5 Å². The van der Waals surface area contributed by atoms with Gasteiger partial charge in [-0.2, -0.15) is 0 Å². The molecule has 0 unspecified atom stereocenters. The zero-order valence-electron chi connectivity index (χ0n) is 15.5. The Kier molecular flexibility index (Phi) is 7.02. The maximum absolute atomic E-state index is 12.3. The zero-order valence-corrected chi connectivity index (χ0v) is 17.1. The van der Waals surface area contributed by atoms with Gasteiger partial charge in [0.1, 0.15) is 11.4 Å². The lowest BCUT2D eigenvalue weighted by Gasteiger charge is -2.33. The monoisotopic (exact) mass is 452 g/mol. The Morgan fingerprint density at radius 3 is 2.63 bits per heavy atom. The van der Waals surface area contributed by atoms with Gasteiger partial charge in [0.05, 0.1) is 0 Å². The van der Waals surface area contributed by atoms with E-state index >= 15 is 0 Å². The van der Waals surface area contributed by atoms with Crippen LogP contribution in [0.15, 0.2) is 22.7 Å². The summed E-state index contributed by atoms with van der Waals surface area (Å²) in [5.41, 5.74) is 0.297. The maximum Gasteiger partial charge on any atom is 0.573 e. The number of nitrogens with zero attached hydrogens (tertiary/aromatic N) is 1. The van der Waals surface area contributed by atoms with Crippen LogP contribution in [-0.2, 0) is 11.3 Å². The van der Waals surface area contributed by atoms with Crippen molar-refractivity contribution in [2.24, 2.45) is 0 Å². The van der Waals surface area contributed by atoms with Gasteiger partial charge in [-0.1, -0.05) is 22.0 Å². The van der Waals surface area contributed by atoms with Crippen LogP contribution < -0.4 is 10.1 Å². The minimum absolute atomic E-state index is 0.0276. The molecule has 1 atom stereocenters. The number of alkyl halides is 3. The molecule has 1 saturated heterocycles. The van der Waals surface area contributed by atoms with Crippen molar-refractivity contribution in [1.29, 1.82) is 0 Å². The summed E-state index contributed by atoms with van der Waals surface area (Å²) in [6.45, 7) is 7.47. The molecule has 0 radical (unpaired) electrons. The second-order valence-electron chi connectivity index (χ2n) is 7.52. The maximum atomic E-state index is 12.3. The molecule has 1 aliphatic heterocycles. The normalized spacial score (nSPS) is 18.9. The van der Waals surface area contributed by atoms with Crippen LogP contribution in [0.4, 0.5) is 18.0 Å². The molecule has 9 heteroatoms. The van der Waals surface area contributed by atoms with Gasteiger partial charge in [-0.15, -0.1) is 13.2 Å². The molecule has 0 aromatic heterocycles. The van der Waals surface area contributed by atoms with Crippen molar-refractivity contribution in [2.45, 2.75) is 58.2 Å². The minimum atomic E-state index is -4.71. The number of ether oxygens (including phenoxy) is 2. The van der Waals surface area contributed by atoms with Gasteiger partial charge in [0.2, 0.25) is 0 Å². The van der Waals surface area contributed by atoms with E-state index in [0.29, 0.717) is 17.6 Å². The van der Waals surface area contributed by atoms with Crippen LogP contribution >= 0.6 is 15.9 Å². The molecule has 0 aliphatic carbocycles. The summed E-state index contributed by atoms with van der Waals surface area (Å²) in [6, 6.07) is 4.19. The lowest BCUT2D eigenvalue weighted by atomic mass is 10.0. The topological polar surface area (TPSA) is 50.8 Å². The first-order valence-electron chi connectivity index (χ1n) is 8.67. The predicted octanol–water partition coefficient (Wildman–Crippen LogP) is 4.84. The molecule has 0 spiro atoms. The fourth-order valence-corrected chi connectivity index (χ4v) is 3.37. The van der Waals surface area contributed by atoms with Crippen molar-refractivity contribution in [3.63, 3.8) is 0 Å². The molecular formula is C18H24BrF3N2O3. The van der Waals surface area contributed by atoms with Crippen LogP contribution in [0.3, 0.4) is 0 Å². The van der Waals surface area contributed by atoms with Crippen molar-refractivity contribution in [2.75, 3.05) is 13.1 Å². The molecule has 1 N–H and O–H groups in total. The summed E-state index contributed by atoms with van der Waals surface area (Å²) in [7, 11) is 0. The predicted molar refractivity (Wildman–Crippen MR) is 98.5 cm³/mol. The van der Waals surface area contributed by atoms with Gasteiger partial charge in [-0.05, 0) is 57.9 Å². The average molecular weight is 453 g/mol. The highest BCUT2D eigenvalue weighted by Crippen LogP contribution is 2.29.